The Labute approximate surface area is 164 Å². The number of benzene rings is 1. The number of carbonyl (C=O) groups is 3. The Morgan fingerprint density at radius 2 is 1.82 bits per heavy atom. The fourth-order valence-electron chi connectivity index (χ4n) is 2.48. The van der Waals surface area contributed by atoms with E-state index in [-0.39, 0.29) is 37.3 Å². The van der Waals surface area contributed by atoms with Gasteiger partial charge in [-0.2, -0.15) is 8.42 Å². The molecule has 2 unspecified atom stereocenters. The molecule has 1 rings (SSSR count). The predicted molar refractivity (Wildman–Crippen MR) is 100 cm³/mol. The average molecular weight is 415 g/mol. The van der Waals surface area contributed by atoms with Crippen molar-refractivity contribution < 1.29 is 36.8 Å². The molecule has 2 N–H and O–H groups in total. The standard InChI is InChI=1S/C18H25NO8S/c1-12(20)10-14(8-9-27-18(22)13(2)26-3)11-17(21)19-15-6-4-5-7-16(15)28(23,24)25/h4-7,13-14H,8-11H2,1-3H3,(H,19,21)(H,23,24,25). The van der Waals surface area contributed by atoms with Crippen LogP contribution in [-0.2, 0) is 34.0 Å². The molecule has 0 saturated heterocycles. The summed E-state index contributed by atoms with van der Waals surface area (Å²) in [7, 11) is -3.12. The van der Waals surface area contributed by atoms with E-state index in [1.165, 1.54) is 39.2 Å². The van der Waals surface area contributed by atoms with E-state index in [0.717, 1.165) is 6.07 Å². The van der Waals surface area contributed by atoms with Crippen molar-refractivity contribution in [1.82, 2.24) is 0 Å². The lowest BCUT2D eigenvalue weighted by atomic mass is 9.95. The van der Waals surface area contributed by atoms with Crippen molar-refractivity contribution in [2.45, 2.75) is 44.1 Å². The summed E-state index contributed by atoms with van der Waals surface area (Å²) in [6.45, 7) is 2.94. The highest BCUT2D eigenvalue weighted by Crippen LogP contribution is 2.22. The van der Waals surface area contributed by atoms with Crippen LogP contribution in [0.2, 0.25) is 0 Å². The maximum absolute atomic E-state index is 12.3. The average Bonchev–Trinajstić information content (AvgIpc) is 2.59. The first-order valence-corrected chi connectivity index (χ1v) is 10.0. The van der Waals surface area contributed by atoms with E-state index in [1.807, 2.05) is 0 Å². The van der Waals surface area contributed by atoms with E-state index < -0.39 is 38.9 Å². The van der Waals surface area contributed by atoms with Gasteiger partial charge in [-0.3, -0.25) is 9.35 Å². The SMILES string of the molecule is COC(C)C(=O)OCCC(CC(C)=O)CC(=O)Nc1ccccc1S(=O)(=O)O. The third-order valence-corrected chi connectivity index (χ3v) is 4.86. The van der Waals surface area contributed by atoms with Crippen molar-refractivity contribution in [2.24, 2.45) is 5.92 Å². The molecule has 0 radical (unpaired) electrons. The highest BCUT2D eigenvalue weighted by atomic mass is 32.2. The first-order chi connectivity index (χ1) is 13.0. The Bertz CT molecular complexity index is 806. The van der Waals surface area contributed by atoms with Crippen LogP contribution in [0.4, 0.5) is 5.69 Å². The zero-order valence-electron chi connectivity index (χ0n) is 16.0. The summed E-state index contributed by atoms with van der Waals surface area (Å²) >= 11 is 0. The van der Waals surface area contributed by atoms with Crippen molar-refractivity contribution >= 4 is 33.5 Å². The van der Waals surface area contributed by atoms with Crippen molar-refractivity contribution in [3.05, 3.63) is 24.3 Å². The molecule has 1 aromatic rings. The van der Waals surface area contributed by atoms with Crippen molar-refractivity contribution in [1.29, 1.82) is 0 Å². The fraction of sp³-hybridized carbons (Fsp3) is 0.500. The molecule has 0 fully saturated rings. The summed E-state index contributed by atoms with van der Waals surface area (Å²) in [6, 6.07) is 5.42. The predicted octanol–water partition coefficient (Wildman–Crippen LogP) is 1.83. The third kappa shape index (κ3) is 8.15. The quantitative estimate of drug-likeness (QED) is 0.413. The fourth-order valence-corrected chi connectivity index (χ4v) is 3.13. The number of amides is 1. The number of hydrogen-bond acceptors (Lipinski definition) is 7. The zero-order valence-corrected chi connectivity index (χ0v) is 16.8. The molecule has 0 bridgehead atoms. The van der Waals surface area contributed by atoms with Gasteiger partial charge in [0, 0.05) is 20.0 Å². The molecular weight excluding hydrogens is 390 g/mol. The summed E-state index contributed by atoms with van der Waals surface area (Å²) in [5, 5.41) is 2.43. The van der Waals surface area contributed by atoms with Crippen molar-refractivity contribution in [2.75, 3.05) is 19.0 Å². The molecule has 10 heteroatoms. The Balaban J connectivity index is 2.73. The molecule has 28 heavy (non-hydrogen) atoms. The Kier molecular flexibility index (Phi) is 9.23. The topological polar surface area (TPSA) is 136 Å². The van der Waals surface area contributed by atoms with Gasteiger partial charge in [-0.15, -0.1) is 0 Å². The summed E-state index contributed by atoms with van der Waals surface area (Å²) < 4.78 is 41.9. The molecule has 1 amide bonds. The van der Waals surface area contributed by atoms with E-state index >= 15 is 0 Å². The maximum Gasteiger partial charge on any atom is 0.334 e. The minimum absolute atomic E-state index is 0.0133. The van der Waals surface area contributed by atoms with Gasteiger partial charge in [0.15, 0.2) is 6.10 Å². The monoisotopic (exact) mass is 415 g/mol. The van der Waals surface area contributed by atoms with Crippen LogP contribution in [0, 0.1) is 5.92 Å². The van der Waals surface area contributed by atoms with E-state index in [2.05, 4.69) is 5.32 Å². The van der Waals surface area contributed by atoms with E-state index in [4.69, 9.17) is 9.47 Å². The van der Waals surface area contributed by atoms with Gasteiger partial charge in [-0.05, 0) is 38.3 Å². The zero-order chi connectivity index (χ0) is 21.3. The number of hydrogen-bond donors (Lipinski definition) is 2. The van der Waals surface area contributed by atoms with Gasteiger partial charge < -0.3 is 19.6 Å². The van der Waals surface area contributed by atoms with Gasteiger partial charge in [-0.1, -0.05) is 12.1 Å². The number of para-hydroxylation sites is 1. The number of rotatable bonds is 11. The third-order valence-electron chi connectivity index (χ3n) is 3.95. The molecule has 156 valence electrons. The van der Waals surface area contributed by atoms with Crippen LogP contribution in [0.25, 0.3) is 0 Å². The maximum atomic E-state index is 12.3. The highest BCUT2D eigenvalue weighted by Gasteiger charge is 2.21. The lowest BCUT2D eigenvalue weighted by Crippen LogP contribution is -2.24. The van der Waals surface area contributed by atoms with Crippen LogP contribution in [-0.4, -0.2) is 50.5 Å². The molecule has 0 aliphatic rings. The molecule has 9 nitrogen and oxygen atoms in total. The second-order valence-corrected chi connectivity index (χ2v) is 7.72. The summed E-state index contributed by atoms with van der Waals surface area (Å²) in [5.74, 6) is -1.61. The normalized spacial score (nSPS) is 13.4. The first kappa shape index (κ1) is 23.7. The van der Waals surface area contributed by atoms with Crippen LogP contribution >= 0.6 is 0 Å². The molecule has 0 aliphatic carbocycles. The van der Waals surface area contributed by atoms with Crippen molar-refractivity contribution in [3.63, 3.8) is 0 Å². The highest BCUT2D eigenvalue weighted by molar-refractivity contribution is 7.86. The van der Waals surface area contributed by atoms with Gasteiger partial charge >= 0.3 is 5.97 Å². The number of nitrogens with one attached hydrogen (secondary N) is 1. The molecule has 0 aliphatic heterocycles. The van der Waals surface area contributed by atoms with Crippen LogP contribution in [0.3, 0.4) is 0 Å². The van der Waals surface area contributed by atoms with Crippen LogP contribution in [0.1, 0.15) is 33.1 Å². The number of esters is 1. The largest absolute Gasteiger partial charge is 0.464 e. The molecule has 0 spiro atoms. The van der Waals surface area contributed by atoms with E-state index in [9.17, 15) is 27.4 Å². The van der Waals surface area contributed by atoms with E-state index in [0.29, 0.717) is 0 Å². The minimum atomic E-state index is -4.50. The smallest absolute Gasteiger partial charge is 0.334 e. The van der Waals surface area contributed by atoms with Gasteiger partial charge in [0.1, 0.15) is 10.7 Å². The van der Waals surface area contributed by atoms with Crippen molar-refractivity contribution in [3.8, 4) is 0 Å². The Morgan fingerprint density at radius 1 is 1.18 bits per heavy atom. The second-order valence-electron chi connectivity index (χ2n) is 6.33. The molecule has 2 atom stereocenters. The van der Waals surface area contributed by atoms with Gasteiger partial charge in [0.25, 0.3) is 10.1 Å². The van der Waals surface area contributed by atoms with Crippen LogP contribution in [0.15, 0.2) is 29.2 Å². The number of ether oxygens (including phenoxy) is 2. The molecule has 0 heterocycles. The Morgan fingerprint density at radius 3 is 2.39 bits per heavy atom. The molecule has 1 aromatic carbocycles. The number of anilines is 1. The summed E-state index contributed by atoms with van der Waals surface area (Å²) in [4.78, 5) is 34.9. The number of methoxy groups -OCH3 is 1. The molecule has 0 saturated carbocycles. The van der Waals surface area contributed by atoms with Gasteiger partial charge in [-0.25, -0.2) is 4.79 Å². The summed E-state index contributed by atoms with van der Waals surface area (Å²) in [6.07, 6.45) is -0.428. The van der Waals surface area contributed by atoms with Gasteiger partial charge in [0.05, 0.1) is 12.3 Å². The van der Waals surface area contributed by atoms with Gasteiger partial charge in [0.2, 0.25) is 5.91 Å². The molecule has 0 aromatic heterocycles. The first-order valence-electron chi connectivity index (χ1n) is 8.59. The Hall–Kier alpha value is -2.30. The lowest BCUT2D eigenvalue weighted by Gasteiger charge is -2.17. The van der Waals surface area contributed by atoms with Crippen LogP contribution < -0.4 is 5.32 Å². The lowest BCUT2D eigenvalue weighted by molar-refractivity contribution is -0.154. The number of Topliss-reactive ketones (excluding diaryl/α,β-unsaturated/α-hetero) is 1. The molecular formula is C18H25NO8S. The second kappa shape index (κ2) is 10.9. The summed E-state index contributed by atoms with van der Waals surface area (Å²) in [5.41, 5.74) is -0.0584. The number of ketones is 1. The van der Waals surface area contributed by atoms with Crippen LogP contribution in [0.5, 0.6) is 0 Å². The van der Waals surface area contributed by atoms with E-state index in [1.54, 1.807) is 0 Å². The minimum Gasteiger partial charge on any atom is -0.464 e. The number of carbonyl (C=O) groups excluding carboxylic acids is 3.